The molecule has 0 saturated heterocycles. The van der Waals surface area contributed by atoms with E-state index in [9.17, 15) is 5.11 Å². The molecule has 16 heavy (non-hydrogen) atoms. The number of nitrogens with one attached hydrogen (secondary N) is 1. The summed E-state index contributed by atoms with van der Waals surface area (Å²) in [7, 11) is 0. The number of hydrogen-bond donors (Lipinski definition) is 2. The van der Waals surface area contributed by atoms with Crippen LogP contribution in [0.4, 0.5) is 0 Å². The molecule has 0 amide bonds. The highest BCUT2D eigenvalue weighted by atomic mass is 16.3. The van der Waals surface area contributed by atoms with Crippen LogP contribution in [0.3, 0.4) is 0 Å². The van der Waals surface area contributed by atoms with Gasteiger partial charge in [0.25, 0.3) is 0 Å². The molecule has 0 saturated carbocycles. The van der Waals surface area contributed by atoms with Crippen molar-refractivity contribution in [1.29, 1.82) is 0 Å². The number of aliphatic hydroxyl groups is 1. The quantitative estimate of drug-likeness (QED) is 0.814. The van der Waals surface area contributed by atoms with Crippen LogP contribution in [0.5, 0.6) is 0 Å². The zero-order valence-corrected chi connectivity index (χ0v) is 10.2. The summed E-state index contributed by atoms with van der Waals surface area (Å²) in [4.78, 5) is 0. The Bertz CT molecular complexity index is 354. The Hall–Kier alpha value is -0.860. The lowest BCUT2D eigenvalue weighted by atomic mass is 9.88. The van der Waals surface area contributed by atoms with Crippen LogP contribution in [0.2, 0.25) is 0 Å². The topological polar surface area (TPSA) is 32.3 Å². The molecule has 0 radical (unpaired) electrons. The van der Waals surface area contributed by atoms with E-state index in [2.05, 4.69) is 29.6 Å². The van der Waals surface area contributed by atoms with Crippen molar-refractivity contribution in [3.63, 3.8) is 0 Å². The molecule has 0 aromatic heterocycles. The Morgan fingerprint density at radius 1 is 1.31 bits per heavy atom. The molecule has 1 aromatic rings. The zero-order chi connectivity index (χ0) is 11.6. The maximum absolute atomic E-state index is 9.68. The van der Waals surface area contributed by atoms with E-state index in [1.54, 1.807) is 0 Å². The van der Waals surface area contributed by atoms with Crippen LogP contribution in [-0.2, 0) is 12.8 Å². The van der Waals surface area contributed by atoms with Gasteiger partial charge in [-0.15, -0.1) is 0 Å². The lowest BCUT2D eigenvalue weighted by Gasteiger charge is -2.28. The molecule has 0 heterocycles. The normalized spacial score (nSPS) is 20.6. The van der Waals surface area contributed by atoms with Gasteiger partial charge in [0.2, 0.25) is 0 Å². The Balaban J connectivity index is 1.93. The fraction of sp³-hybridized carbons (Fsp3) is 0.571. The van der Waals surface area contributed by atoms with Gasteiger partial charge in [-0.3, -0.25) is 0 Å². The molecule has 2 nitrogen and oxygen atoms in total. The summed E-state index contributed by atoms with van der Waals surface area (Å²) in [6.07, 6.45) is 3.42. The Morgan fingerprint density at radius 3 is 2.69 bits per heavy atom. The smallest absolute Gasteiger partial charge is 0.0715 e. The van der Waals surface area contributed by atoms with Gasteiger partial charge >= 0.3 is 0 Å². The van der Waals surface area contributed by atoms with E-state index in [0.717, 1.165) is 12.8 Å². The molecule has 88 valence electrons. The molecule has 2 N–H and O–H groups in total. The number of rotatable bonds is 3. The van der Waals surface area contributed by atoms with Gasteiger partial charge in [-0.25, -0.2) is 0 Å². The first-order valence-electron chi connectivity index (χ1n) is 6.07. The number of fused-ring (bicyclic) bond motifs is 1. The van der Waals surface area contributed by atoms with Crippen molar-refractivity contribution in [3.8, 4) is 0 Å². The Labute approximate surface area is 97.7 Å². The van der Waals surface area contributed by atoms with Crippen LogP contribution in [0.15, 0.2) is 24.3 Å². The fourth-order valence-electron chi connectivity index (χ4n) is 2.27. The molecule has 1 aliphatic carbocycles. The second-order valence-electron chi connectivity index (χ2n) is 5.40. The first-order chi connectivity index (χ1) is 7.54. The van der Waals surface area contributed by atoms with Crippen molar-refractivity contribution in [2.24, 2.45) is 0 Å². The van der Waals surface area contributed by atoms with Crippen LogP contribution in [-0.4, -0.2) is 23.3 Å². The van der Waals surface area contributed by atoms with Crippen molar-refractivity contribution in [3.05, 3.63) is 35.4 Å². The summed E-state index contributed by atoms with van der Waals surface area (Å²) >= 11 is 0. The molecular weight excluding hydrogens is 198 g/mol. The standard InChI is InChI=1S/C14H21NO/c1-14(2,16)10-15-13-8-7-11-5-3-4-6-12(11)9-13/h3-6,13,15-16H,7-10H2,1-2H3. The number of hydrogen-bond acceptors (Lipinski definition) is 2. The Morgan fingerprint density at radius 2 is 2.00 bits per heavy atom. The molecule has 0 aliphatic heterocycles. The van der Waals surface area contributed by atoms with Gasteiger partial charge in [0.05, 0.1) is 5.60 Å². The van der Waals surface area contributed by atoms with Crippen LogP contribution in [0.25, 0.3) is 0 Å². The van der Waals surface area contributed by atoms with E-state index in [4.69, 9.17) is 0 Å². The summed E-state index contributed by atoms with van der Waals surface area (Å²) in [5, 5.41) is 13.1. The first-order valence-corrected chi connectivity index (χ1v) is 6.07. The van der Waals surface area contributed by atoms with Gasteiger partial charge < -0.3 is 10.4 Å². The minimum Gasteiger partial charge on any atom is -0.389 e. The molecule has 1 unspecified atom stereocenters. The minimum atomic E-state index is -0.614. The van der Waals surface area contributed by atoms with E-state index in [0.29, 0.717) is 12.6 Å². The molecule has 0 spiro atoms. The maximum atomic E-state index is 9.68. The van der Waals surface area contributed by atoms with Crippen molar-refractivity contribution < 1.29 is 5.11 Å². The lowest BCUT2D eigenvalue weighted by molar-refractivity contribution is 0.0757. The van der Waals surface area contributed by atoms with E-state index < -0.39 is 5.60 Å². The SMILES string of the molecule is CC(C)(O)CNC1CCc2ccccc2C1. The van der Waals surface area contributed by atoms with E-state index >= 15 is 0 Å². The molecule has 2 heteroatoms. The van der Waals surface area contributed by atoms with Crippen LogP contribution in [0.1, 0.15) is 31.4 Å². The van der Waals surface area contributed by atoms with Gasteiger partial charge in [0, 0.05) is 12.6 Å². The molecule has 1 aliphatic rings. The first kappa shape index (κ1) is 11.6. The van der Waals surface area contributed by atoms with Crippen LogP contribution < -0.4 is 5.32 Å². The number of aryl methyl sites for hydroxylation is 1. The van der Waals surface area contributed by atoms with Crippen molar-refractivity contribution >= 4 is 0 Å². The second kappa shape index (κ2) is 4.56. The third-order valence-electron chi connectivity index (χ3n) is 3.17. The fourth-order valence-corrected chi connectivity index (χ4v) is 2.27. The van der Waals surface area contributed by atoms with E-state index in [1.165, 1.54) is 17.5 Å². The average molecular weight is 219 g/mol. The third-order valence-corrected chi connectivity index (χ3v) is 3.17. The van der Waals surface area contributed by atoms with Crippen LogP contribution >= 0.6 is 0 Å². The summed E-state index contributed by atoms with van der Waals surface area (Å²) in [6, 6.07) is 9.18. The summed E-state index contributed by atoms with van der Waals surface area (Å²) < 4.78 is 0. The van der Waals surface area contributed by atoms with Gasteiger partial charge in [0.15, 0.2) is 0 Å². The predicted octanol–water partition coefficient (Wildman–Crippen LogP) is 1.90. The maximum Gasteiger partial charge on any atom is 0.0715 e. The van der Waals surface area contributed by atoms with Gasteiger partial charge in [-0.05, 0) is 44.2 Å². The average Bonchev–Trinajstić information content (AvgIpc) is 2.25. The highest BCUT2D eigenvalue weighted by Gasteiger charge is 2.20. The van der Waals surface area contributed by atoms with Crippen molar-refractivity contribution in [2.75, 3.05) is 6.54 Å². The molecule has 1 aromatic carbocycles. The zero-order valence-electron chi connectivity index (χ0n) is 10.2. The summed E-state index contributed by atoms with van der Waals surface area (Å²) in [5.41, 5.74) is 2.34. The van der Waals surface area contributed by atoms with Crippen molar-refractivity contribution in [2.45, 2.75) is 44.8 Å². The van der Waals surface area contributed by atoms with E-state index in [-0.39, 0.29) is 0 Å². The highest BCUT2D eigenvalue weighted by molar-refractivity contribution is 5.30. The van der Waals surface area contributed by atoms with Gasteiger partial charge in [-0.1, -0.05) is 24.3 Å². The van der Waals surface area contributed by atoms with Crippen LogP contribution in [0, 0.1) is 0 Å². The summed E-state index contributed by atoms with van der Waals surface area (Å²) in [5.74, 6) is 0. The second-order valence-corrected chi connectivity index (χ2v) is 5.40. The van der Waals surface area contributed by atoms with Gasteiger partial charge in [0.1, 0.15) is 0 Å². The minimum absolute atomic E-state index is 0.515. The molecule has 2 rings (SSSR count). The van der Waals surface area contributed by atoms with Crippen molar-refractivity contribution in [1.82, 2.24) is 5.32 Å². The predicted molar refractivity (Wildman–Crippen MR) is 66.6 cm³/mol. The molecular formula is C14H21NO. The van der Waals surface area contributed by atoms with Gasteiger partial charge in [-0.2, -0.15) is 0 Å². The van der Waals surface area contributed by atoms with E-state index in [1.807, 2.05) is 13.8 Å². The highest BCUT2D eigenvalue weighted by Crippen LogP contribution is 2.21. The molecule has 0 fully saturated rings. The Kier molecular flexibility index (Phi) is 3.31. The lowest BCUT2D eigenvalue weighted by Crippen LogP contribution is -2.43. The third kappa shape index (κ3) is 3.06. The molecule has 0 bridgehead atoms. The largest absolute Gasteiger partial charge is 0.389 e. The number of benzene rings is 1. The monoisotopic (exact) mass is 219 g/mol. The summed E-state index contributed by atoms with van der Waals surface area (Å²) in [6.45, 7) is 4.35. The molecule has 1 atom stereocenters.